The summed E-state index contributed by atoms with van der Waals surface area (Å²) in [5, 5.41) is 8.62. The third-order valence-electron chi connectivity index (χ3n) is 6.77. The number of aryl methyl sites for hydroxylation is 2. The zero-order chi connectivity index (χ0) is 25.3. The molecule has 0 aliphatic heterocycles. The van der Waals surface area contributed by atoms with Crippen molar-refractivity contribution in [3.8, 4) is 0 Å². The van der Waals surface area contributed by atoms with Gasteiger partial charge in [0.2, 0.25) is 5.91 Å². The van der Waals surface area contributed by atoms with E-state index in [-0.39, 0.29) is 23.0 Å². The zero-order valence-electron chi connectivity index (χ0n) is 21.4. The number of hydrogen-bond acceptors (Lipinski definition) is 6. The van der Waals surface area contributed by atoms with Gasteiger partial charge in [-0.1, -0.05) is 20.8 Å². The number of aromatic nitrogens is 4. The quantitative estimate of drug-likeness (QED) is 0.399. The van der Waals surface area contributed by atoms with Gasteiger partial charge in [-0.15, -0.1) is 11.3 Å². The number of carbonyl (C=O) groups is 2. The first-order valence-corrected chi connectivity index (χ1v) is 13.8. The van der Waals surface area contributed by atoms with E-state index in [1.165, 1.54) is 12.8 Å². The first-order chi connectivity index (χ1) is 17.2. The van der Waals surface area contributed by atoms with Crippen molar-refractivity contribution in [2.75, 3.05) is 5.32 Å². The molecule has 0 spiro atoms. The van der Waals surface area contributed by atoms with Gasteiger partial charge < -0.3 is 5.32 Å². The summed E-state index contributed by atoms with van der Waals surface area (Å²) in [6.07, 6.45) is 10.5. The van der Waals surface area contributed by atoms with E-state index < -0.39 is 0 Å². The highest BCUT2D eigenvalue weighted by molar-refractivity contribution is 7.11. The van der Waals surface area contributed by atoms with Gasteiger partial charge in [0.15, 0.2) is 0 Å². The Hall–Kier alpha value is -2.87. The molecular weight excluding hydrogens is 470 g/mol. The Morgan fingerprint density at radius 2 is 1.89 bits per heavy atom. The van der Waals surface area contributed by atoms with Crippen molar-refractivity contribution < 1.29 is 9.59 Å². The smallest absolute Gasteiger partial charge is 0.228 e. The van der Waals surface area contributed by atoms with Crippen molar-refractivity contribution in [1.29, 1.82) is 0 Å². The number of ketones is 1. The monoisotopic (exact) mass is 505 g/mol. The summed E-state index contributed by atoms with van der Waals surface area (Å²) in [5.74, 6) is 1.74. The molecule has 7 nitrogen and oxygen atoms in total. The van der Waals surface area contributed by atoms with Gasteiger partial charge in [-0.2, -0.15) is 5.10 Å². The van der Waals surface area contributed by atoms with E-state index in [1.807, 2.05) is 18.3 Å². The molecule has 0 radical (unpaired) electrons. The summed E-state index contributed by atoms with van der Waals surface area (Å²) >= 11 is 1.61. The summed E-state index contributed by atoms with van der Waals surface area (Å²) in [6.45, 7) is 7.41. The Kier molecular flexibility index (Phi) is 7.06. The number of thiazole rings is 1. The second-order valence-corrected chi connectivity index (χ2v) is 12.5. The minimum Gasteiger partial charge on any atom is -0.310 e. The van der Waals surface area contributed by atoms with E-state index in [1.54, 1.807) is 17.5 Å². The molecule has 3 aromatic rings. The number of rotatable bonds is 11. The lowest BCUT2D eigenvalue weighted by atomic mass is 9.92. The first-order valence-electron chi connectivity index (χ1n) is 13.0. The number of Topliss-reactive ketones (excluding diaryl/α,β-unsaturated/α-hetero) is 1. The van der Waals surface area contributed by atoms with Gasteiger partial charge in [0, 0.05) is 47.3 Å². The molecule has 0 saturated heterocycles. The van der Waals surface area contributed by atoms with Gasteiger partial charge in [0.05, 0.1) is 12.1 Å². The highest BCUT2D eigenvalue weighted by Gasteiger charge is 2.30. The van der Waals surface area contributed by atoms with Crippen LogP contribution in [0.4, 0.5) is 5.82 Å². The van der Waals surface area contributed by atoms with Crippen molar-refractivity contribution >= 4 is 28.8 Å². The van der Waals surface area contributed by atoms with Gasteiger partial charge in [0.1, 0.15) is 16.6 Å². The van der Waals surface area contributed by atoms with Crippen LogP contribution in [0.3, 0.4) is 0 Å². The summed E-state index contributed by atoms with van der Waals surface area (Å²) in [6, 6.07) is 6.04. The van der Waals surface area contributed by atoms with Crippen molar-refractivity contribution in [3.05, 3.63) is 57.4 Å². The van der Waals surface area contributed by atoms with Crippen LogP contribution in [0.1, 0.15) is 73.3 Å². The second-order valence-electron chi connectivity index (χ2n) is 11.3. The SMILES string of the molecule is CC(C)(C)c1cc(CC(=O)Cc2ncc(CCc3ccnc(NC(=O)C4CC4)c3)s2)n(CC2CC2)n1. The zero-order valence-corrected chi connectivity index (χ0v) is 22.2. The Morgan fingerprint density at radius 1 is 1.08 bits per heavy atom. The molecule has 190 valence electrons. The molecule has 0 unspecified atom stereocenters. The summed E-state index contributed by atoms with van der Waals surface area (Å²) in [5.41, 5.74) is 3.17. The predicted octanol–water partition coefficient (Wildman–Crippen LogP) is 4.93. The molecule has 0 atom stereocenters. The fourth-order valence-electron chi connectivity index (χ4n) is 4.19. The number of amides is 1. The van der Waals surface area contributed by atoms with Gasteiger partial charge in [-0.05, 0) is 68.2 Å². The topological polar surface area (TPSA) is 89.8 Å². The second kappa shape index (κ2) is 10.2. The molecule has 2 aliphatic rings. The van der Waals surface area contributed by atoms with Crippen molar-refractivity contribution in [2.45, 2.75) is 84.1 Å². The Labute approximate surface area is 216 Å². The summed E-state index contributed by atoms with van der Waals surface area (Å²) in [4.78, 5) is 34.9. The van der Waals surface area contributed by atoms with E-state index >= 15 is 0 Å². The van der Waals surface area contributed by atoms with Crippen LogP contribution in [0.15, 0.2) is 30.6 Å². The minimum atomic E-state index is -0.0325. The van der Waals surface area contributed by atoms with Crippen LogP contribution < -0.4 is 5.32 Å². The standard InChI is InChI=1S/C28H35N5O2S/c1-28(2,3)24-14-21(33(32-24)17-19-4-5-19)13-22(34)15-26-30-16-23(36-26)9-6-18-10-11-29-25(12-18)31-27(35)20-7-8-20/h10-12,14,16,19-20H,4-9,13,15,17H2,1-3H3,(H,29,31,35). The summed E-state index contributed by atoms with van der Waals surface area (Å²) in [7, 11) is 0. The van der Waals surface area contributed by atoms with Crippen molar-refractivity contribution in [1.82, 2.24) is 19.7 Å². The van der Waals surface area contributed by atoms with E-state index in [2.05, 4.69) is 46.8 Å². The average molecular weight is 506 g/mol. The number of pyridine rings is 1. The molecule has 5 rings (SSSR count). The molecule has 8 heteroatoms. The minimum absolute atomic E-state index is 0.0325. The predicted molar refractivity (Wildman–Crippen MR) is 141 cm³/mol. The fourth-order valence-corrected chi connectivity index (χ4v) is 5.14. The van der Waals surface area contributed by atoms with E-state index in [0.29, 0.717) is 24.6 Å². The maximum Gasteiger partial charge on any atom is 0.228 e. The molecule has 0 bridgehead atoms. The van der Waals surface area contributed by atoms with Crippen molar-refractivity contribution in [2.24, 2.45) is 11.8 Å². The van der Waals surface area contributed by atoms with Crippen LogP contribution in [0.25, 0.3) is 0 Å². The Balaban J connectivity index is 1.15. The molecule has 3 aromatic heterocycles. The molecule has 1 amide bonds. The lowest BCUT2D eigenvalue weighted by molar-refractivity contribution is -0.118. The van der Waals surface area contributed by atoms with Gasteiger partial charge >= 0.3 is 0 Å². The van der Waals surface area contributed by atoms with Crippen molar-refractivity contribution in [3.63, 3.8) is 0 Å². The largest absolute Gasteiger partial charge is 0.310 e. The summed E-state index contributed by atoms with van der Waals surface area (Å²) < 4.78 is 2.07. The number of nitrogens with zero attached hydrogens (tertiary/aromatic N) is 4. The molecule has 2 aliphatic carbocycles. The third kappa shape index (κ3) is 6.66. The Morgan fingerprint density at radius 3 is 2.61 bits per heavy atom. The molecule has 2 fully saturated rings. The first kappa shape index (κ1) is 24.8. The normalized spacial score (nSPS) is 15.8. The number of nitrogens with one attached hydrogen (secondary N) is 1. The van der Waals surface area contributed by atoms with Crippen LogP contribution in [-0.2, 0) is 47.2 Å². The molecule has 36 heavy (non-hydrogen) atoms. The van der Waals surface area contributed by atoms with E-state index in [9.17, 15) is 9.59 Å². The maximum atomic E-state index is 12.9. The fraction of sp³-hybridized carbons (Fsp3) is 0.536. The molecule has 1 N–H and O–H groups in total. The third-order valence-corrected chi connectivity index (χ3v) is 7.83. The van der Waals surface area contributed by atoms with Crippen LogP contribution in [0.2, 0.25) is 0 Å². The molecule has 3 heterocycles. The van der Waals surface area contributed by atoms with E-state index in [0.717, 1.165) is 59.1 Å². The molecule has 2 saturated carbocycles. The highest BCUT2D eigenvalue weighted by Crippen LogP contribution is 2.32. The highest BCUT2D eigenvalue weighted by atomic mass is 32.1. The average Bonchev–Trinajstić information content (AvgIpc) is 3.74. The number of anilines is 1. The van der Waals surface area contributed by atoms with Gasteiger partial charge in [-0.3, -0.25) is 14.3 Å². The van der Waals surface area contributed by atoms with Crippen LogP contribution in [0.5, 0.6) is 0 Å². The Bertz CT molecular complexity index is 1250. The van der Waals surface area contributed by atoms with Crippen LogP contribution in [0, 0.1) is 11.8 Å². The van der Waals surface area contributed by atoms with E-state index in [4.69, 9.17) is 5.10 Å². The van der Waals surface area contributed by atoms with Crippen LogP contribution >= 0.6 is 11.3 Å². The number of hydrogen-bond donors (Lipinski definition) is 1. The number of carbonyl (C=O) groups excluding carboxylic acids is 2. The maximum absolute atomic E-state index is 12.9. The molecular formula is C28H35N5O2S. The van der Waals surface area contributed by atoms with Crippen LogP contribution in [-0.4, -0.2) is 31.4 Å². The lowest BCUT2D eigenvalue weighted by Crippen LogP contribution is -2.14. The lowest BCUT2D eigenvalue weighted by Gasteiger charge is -2.14. The molecule has 0 aromatic carbocycles. The van der Waals surface area contributed by atoms with Gasteiger partial charge in [0.25, 0.3) is 0 Å². The van der Waals surface area contributed by atoms with Gasteiger partial charge in [-0.25, -0.2) is 9.97 Å².